The number of amides is 1. The first-order chi connectivity index (χ1) is 15.7. The van der Waals surface area contributed by atoms with E-state index in [2.05, 4.69) is 26.5 Å². The van der Waals surface area contributed by atoms with Crippen LogP contribution in [0.25, 0.3) is 5.69 Å². The number of benzene rings is 2. The molecule has 0 bridgehead atoms. The Kier molecular flexibility index (Phi) is 6.72. The van der Waals surface area contributed by atoms with E-state index >= 15 is 0 Å². The van der Waals surface area contributed by atoms with Crippen LogP contribution in [0.1, 0.15) is 16.7 Å². The molecule has 1 saturated heterocycles. The number of piperazine rings is 1. The van der Waals surface area contributed by atoms with Crippen LogP contribution in [-0.2, 0) is 17.6 Å². The van der Waals surface area contributed by atoms with Crippen LogP contribution in [0.5, 0.6) is 5.75 Å². The predicted molar refractivity (Wildman–Crippen MR) is 117 cm³/mol. The molecule has 32 heavy (non-hydrogen) atoms. The van der Waals surface area contributed by atoms with Gasteiger partial charge in [0.05, 0.1) is 24.8 Å². The molecule has 1 amide bonds. The maximum atomic E-state index is 12.7. The van der Waals surface area contributed by atoms with E-state index in [4.69, 9.17) is 4.74 Å². The van der Waals surface area contributed by atoms with E-state index in [0.717, 1.165) is 56.0 Å². The summed E-state index contributed by atoms with van der Waals surface area (Å²) in [6.07, 6.45) is 2.79. The van der Waals surface area contributed by atoms with Gasteiger partial charge in [0, 0.05) is 32.7 Å². The average molecular weight is 432 g/mol. The number of carbonyl (C=O) groups is 1. The van der Waals surface area contributed by atoms with Crippen LogP contribution in [0.4, 0.5) is 0 Å². The molecule has 9 nitrogen and oxygen atoms in total. The molecule has 0 unspecified atom stereocenters. The van der Waals surface area contributed by atoms with Crippen LogP contribution in [0.3, 0.4) is 0 Å². The first-order valence-corrected chi connectivity index (χ1v) is 10.6. The molecule has 0 spiro atoms. The SMILES string of the molecule is COc1ccc(CCN2CCN(C(=O)Cc3ccc(-n4cnnn4)cc3)CC2)cc1C#N. The summed E-state index contributed by atoms with van der Waals surface area (Å²) < 4.78 is 6.79. The van der Waals surface area contributed by atoms with Gasteiger partial charge >= 0.3 is 0 Å². The first-order valence-electron chi connectivity index (χ1n) is 10.6. The van der Waals surface area contributed by atoms with E-state index < -0.39 is 0 Å². The van der Waals surface area contributed by atoms with Crippen molar-refractivity contribution in [2.24, 2.45) is 0 Å². The van der Waals surface area contributed by atoms with Gasteiger partial charge in [-0.25, -0.2) is 4.68 Å². The van der Waals surface area contributed by atoms with Crippen LogP contribution in [0, 0.1) is 11.3 Å². The summed E-state index contributed by atoms with van der Waals surface area (Å²) in [5.41, 5.74) is 3.51. The lowest BCUT2D eigenvalue weighted by molar-refractivity contribution is -0.132. The van der Waals surface area contributed by atoms with Crippen molar-refractivity contribution in [2.45, 2.75) is 12.8 Å². The van der Waals surface area contributed by atoms with Crippen LogP contribution >= 0.6 is 0 Å². The van der Waals surface area contributed by atoms with Crippen molar-refractivity contribution in [3.63, 3.8) is 0 Å². The van der Waals surface area contributed by atoms with Gasteiger partial charge in [0.25, 0.3) is 0 Å². The molecule has 164 valence electrons. The third-order valence-corrected chi connectivity index (χ3v) is 5.73. The summed E-state index contributed by atoms with van der Waals surface area (Å²) in [6, 6.07) is 15.6. The summed E-state index contributed by atoms with van der Waals surface area (Å²) in [6.45, 7) is 4.06. The molecule has 1 aliphatic rings. The van der Waals surface area contributed by atoms with Crippen LogP contribution in [-0.4, -0.2) is 75.7 Å². The second-order valence-electron chi connectivity index (χ2n) is 7.72. The highest BCUT2D eigenvalue weighted by Gasteiger charge is 2.21. The number of aromatic nitrogens is 4. The third kappa shape index (κ3) is 5.10. The van der Waals surface area contributed by atoms with Gasteiger partial charge in [-0.15, -0.1) is 5.10 Å². The molecule has 0 aliphatic carbocycles. The van der Waals surface area contributed by atoms with Crippen molar-refractivity contribution in [2.75, 3.05) is 39.8 Å². The minimum atomic E-state index is 0.147. The van der Waals surface area contributed by atoms with Gasteiger partial charge in [-0.2, -0.15) is 5.26 Å². The Morgan fingerprint density at radius 1 is 1.09 bits per heavy atom. The number of ether oxygens (including phenoxy) is 1. The third-order valence-electron chi connectivity index (χ3n) is 5.73. The number of methoxy groups -OCH3 is 1. The number of nitriles is 1. The van der Waals surface area contributed by atoms with E-state index in [1.165, 1.54) is 6.33 Å². The normalized spacial score (nSPS) is 14.2. The van der Waals surface area contributed by atoms with Gasteiger partial charge in [0.15, 0.2) is 0 Å². The smallest absolute Gasteiger partial charge is 0.227 e. The number of rotatable bonds is 7. The van der Waals surface area contributed by atoms with Gasteiger partial charge in [-0.05, 0) is 52.2 Å². The van der Waals surface area contributed by atoms with Gasteiger partial charge in [0.1, 0.15) is 18.1 Å². The van der Waals surface area contributed by atoms with E-state index in [9.17, 15) is 10.1 Å². The average Bonchev–Trinajstić information content (AvgIpc) is 3.38. The van der Waals surface area contributed by atoms with Crippen LogP contribution < -0.4 is 4.74 Å². The highest BCUT2D eigenvalue weighted by atomic mass is 16.5. The van der Waals surface area contributed by atoms with Crippen LogP contribution in [0.15, 0.2) is 48.8 Å². The first kappa shape index (κ1) is 21.5. The Morgan fingerprint density at radius 3 is 2.50 bits per heavy atom. The predicted octanol–water partition coefficient (Wildman–Crippen LogP) is 1.47. The Morgan fingerprint density at radius 2 is 1.84 bits per heavy atom. The molecular weight excluding hydrogens is 406 g/mol. The maximum absolute atomic E-state index is 12.7. The summed E-state index contributed by atoms with van der Waals surface area (Å²) in [7, 11) is 1.57. The van der Waals surface area contributed by atoms with Crippen molar-refractivity contribution in [1.82, 2.24) is 30.0 Å². The standard InChI is InChI=1S/C23H25N7O2/c1-32-22-7-4-19(14-20(22)16-24)8-9-28-10-12-29(13-11-28)23(31)15-18-2-5-21(6-3-18)30-17-25-26-27-30/h2-7,14,17H,8-13,15H2,1H3. The lowest BCUT2D eigenvalue weighted by Crippen LogP contribution is -2.49. The molecular formula is C23H25N7O2. The van der Waals surface area contributed by atoms with Crippen molar-refractivity contribution < 1.29 is 9.53 Å². The van der Waals surface area contributed by atoms with E-state index in [-0.39, 0.29) is 5.91 Å². The van der Waals surface area contributed by atoms with Gasteiger partial charge in [-0.3, -0.25) is 9.69 Å². The number of carbonyl (C=O) groups excluding carboxylic acids is 1. The van der Waals surface area contributed by atoms with E-state index in [1.54, 1.807) is 11.8 Å². The van der Waals surface area contributed by atoms with E-state index in [1.807, 2.05) is 47.4 Å². The van der Waals surface area contributed by atoms with Gasteiger partial charge in [-0.1, -0.05) is 18.2 Å². The van der Waals surface area contributed by atoms with Crippen molar-refractivity contribution >= 4 is 5.91 Å². The molecule has 9 heteroatoms. The van der Waals surface area contributed by atoms with Gasteiger partial charge in [0.2, 0.25) is 5.91 Å². The molecule has 4 rings (SSSR count). The highest BCUT2D eigenvalue weighted by Crippen LogP contribution is 2.19. The fourth-order valence-corrected chi connectivity index (χ4v) is 3.84. The van der Waals surface area contributed by atoms with E-state index in [0.29, 0.717) is 17.7 Å². The second kappa shape index (κ2) is 10.0. The summed E-state index contributed by atoms with van der Waals surface area (Å²) >= 11 is 0. The molecule has 3 aromatic rings. The zero-order valence-corrected chi connectivity index (χ0v) is 18.0. The molecule has 0 radical (unpaired) electrons. The minimum Gasteiger partial charge on any atom is -0.495 e. The molecule has 1 aromatic heterocycles. The Labute approximate surface area is 186 Å². The summed E-state index contributed by atoms with van der Waals surface area (Å²) in [5, 5.41) is 20.4. The molecule has 0 saturated carbocycles. The lowest BCUT2D eigenvalue weighted by atomic mass is 10.1. The number of tetrazole rings is 1. The fourth-order valence-electron chi connectivity index (χ4n) is 3.84. The van der Waals surface area contributed by atoms with Crippen molar-refractivity contribution in [3.05, 3.63) is 65.5 Å². The van der Waals surface area contributed by atoms with Crippen LogP contribution in [0.2, 0.25) is 0 Å². The minimum absolute atomic E-state index is 0.147. The molecule has 2 aromatic carbocycles. The molecule has 0 atom stereocenters. The Bertz CT molecular complexity index is 1080. The monoisotopic (exact) mass is 431 g/mol. The lowest BCUT2D eigenvalue weighted by Gasteiger charge is -2.34. The highest BCUT2D eigenvalue weighted by molar-refractivity contribution is 5.79. The Hall–Kier alpha value is -3.77. The zero-order valence-electron chi connectivity index (χ0n) is 18.0. The number of hydrogen-bond donors (Lipinski definition) is 0. The van der Waals surface area contributed by atoms with Gasteiger partial charge < -0.3 is 9.64 Å². The topological polar surface area (TPSA) is 100 Å². The van der Waals surface area contributed by atoms with Crippen molar-refractivity contribution in [3.8, 4) is 17.5 Å². The largest absolute Gasteiger partial charge is 0.495 e. The molecule has 1 aliphatic heterocycles. The summed E-state index contributed by atoms with van der Waals surface area (Å²) in [5.74, 6) is 0.752. The second-order valence-corrected chi connectivity index (χ2v) is 7.72. The molecule has 2 heterocycles. The van der Waals surface area contributed by atoms with Crippen molar-refractivity contribution in [1.29, 1.82) is 5.26 Å². The number of hydrogen-bond acceptors (Lipinski definition) is 7. The fraction of sp³-hybridized carbons (Fsp3) is 0.348. The maximum Gasteiger partial charge on any atom is 0.227 e. The summed E-state index contributed by atoms with van der Waals surface area (Å²) in [4.78, 5) is 17.0. The Balaban J connectivity index is 1.24. The zero-order chi connectivity index (χ0) is 22.3. The quantitative estimate of drug-likeness (QED) is 0.558. The molecule has 0 N–H and O–H groups in total. The number of nitrogens with zero attached hydrogens (tertiary/aromatic N) is 7. The molecule has 1 fully saturated rings.